The summed E-state index contributed by atoms with van der Waals surface area (Å²) in [7, 11) is 3.82. The number of rotatable bonds is 6. The first-order valence-electron chi connectivity index (χ1n) is 7.36. The molecule has 0 radical (unpaired) electrons. The van der Waals surface area contributed by atoms with Gasteiger partial charge >= 0.3 is 0 Å². The highest BCUT2D eigenvalue weighted by atomic mass is 16.6. The van der Waals surface area contributed by atoms with E-state index in [2.05, 4.69) is 5.32 Å². The van der Waals surface area contributed by atoms with Gasteiger partial charge in [0.2, 0.25) is 0 Å². The second kappa shape index (κ2) is 7.56. The Morgan fingerprint density at radius 1 is 1.17 bits per heavy atom. The number of nitro benzene ring substituents is 1. The molecular formula is C17H19N3O4. The Labute approximate surface area is 139 Å². The van der Waals surface area contributed by atoms with Crippen LogP contribution < -0.4 is 10.2 Å². The molecule has 0 bridgehead atoms. The van der Waals surface area contributed by atoms with Crippen LogP contribution in [0.25, 0.3) is 0 Å². The lowest BCUT2D eigenvalue weighted by atomic mass is 10.1. The highest BCUT2D eigenvalue weighted by molar-refractivity contribution is 5.94. The van der Waals surface area contributed by atoms with Gasteiger partial charge in [-0.15, -0.1) is 0 Å². The van der Waals surface area contributed by atoms with Gasteiger partial charge in [0.15, 0.2) is 0 Å². The van der Waals surface area contributed by atoms with Crippen molar-refractivity contribution in [1.29, 1.82) is 0 Å². The van der Waals surface area contributed by atoms with E-state index in [9.17, 15) is 20.0 Å². The summed E-state index contributed by atoms with van der Waals surface area (Å²) in [6, 6.07) is 12.7. The summed E-state index contributed by atoms with van der Waals surface area (Å²) in [5.41, 5.74) is 1.94. The van der Waals surface area contributed by atoms with Crippen molar-refractivity contribution in [1.82, 2.24) is 5.32 Å². The van der Waals surface area contributed by atoms with Crippen LogP contribution in [0, 0.1) is 10.1 Å². The van der Waals surface area contributed by atoms with Gasteiger partial charge in [0.25, 0.3) is 11.6 Å². The second-order valence-corrected chi connectivity index (χ2v) is 5.52. The maximum Gasteiger partial charge on any atom is 0.269 e. The molecule has 2 aromatic rings. The number of nitro groups is 1. The maximum atomic E-state index is 12.1. The number of hydrogen-bond acceptors (Lipinski definition) is 5. The SMILES string of the molecule is CN(C)c1ccc(C(=O)NCC(O)c2ccc([N+](=O)[O-])cc2)cc1. The van der Waals surface area contributed by atoms with Crippen LogP contribution in [-0.4, -0.2) is 36.6 Å². The molecule has 0 aliphatic rings. The zero-order chi connectivity index (χ0) is 17.7. The van der Waals surface area contributed by atoms with Crippen LogP contribution in [0.1, 0.15) is 22.0 Å². The molecule has 1 unspecified atom stereocenters. The molecule has 1 amide bonds. The van der Waals surface area contributed by atoms with Crippen molar-refractivity contribution in [2.24, 2.45) is 0 Å². The molecule has 2 N–H and O–H groups in total. The quantitative estimate of drug-likeness (QED) is 0.625. The molecule has 0 heterocycles. The topological polar surface area (TPSA) is 95.7 Å². The van der Waals surface area contributed by atoms with Crippen molar-refractivity contribution in [3.63, 3.8) is 0 Å². The predicted octanol–water partition coefficient (Wildman–Crippen LogP) is 2.12. The molecule has 0 aromatic heterocycles. The van der Waals surface area contributed by atoms with E-state index in [0.29, 0.717) is 11.1 Å². The van der Waals surface area contributed by atoms with Gasteiger partial charge in [0, 0.05) is 44.0 Å². The molecular weight excluding hydrogens is 310 g/mol. The van der Waals surface area contributed by atoms with Crippen molar-refractivity contribution in [3.05, 3.63) is 69.8 Å². The van der Waals surface area contributed by atoms with Gasteiger partial charge < -0.3 is 15.3 Å². The van der Waals surface area contributed by atoms with Gasteiger partial charge in [-0.25, -0.2) is 0 Å². The van der Waals surface area contributed by atoms with Gasteiger partial charge in [-0.05, 0) is 42.0 Å². The van der Waals surface area contributed by atoms with Gasteiger partial charge in [0.1, 0.15) is 0 Å². The van der Waals surface area contributed by atoms with E-state index >= 15 is 0 Å². The van der Waals surface area contributed by atoms with Crippen LogP contribution in [0.4, 0.5) is 11.4 Å². The number of aliphatic hydroxyl groups is 1. The standard InChI is InChI=1S/C17H19N3O4/c1-19(2)14-7-5-13(6-8-14)17(22)18-11-16(21)12-3-9-15(10-4-12)20(23)24/h3-10,16,21H,11H2,1-2H3,(H,18,22). The van der Waals surface area contributed by atoms with Gasteiger partial charge in [-0.2, -0.15) is 0 Å². The number of nitrogens with one attached hydrogen (secondary N) is 1. The number of aliphatic hydroxyl groups excluding tert-OH is 1. The summed E-state index contributed by atoms with van der Waals surface area (Å²) in [6.07, 6.45) is -0.934. The van der Waals surface area contributed by atoms with Crippen LogP contribution in [-0.2, 0) is 0 Å². The fourth-order valence-corrected chi connectivity index (χ4v) is 2.14. The molecule has 7 heteroatoms. The minimum Gasteiger partial charge on any atom is -0.387 e. The number of amides is 1. The Morgan fingerprint density at radius 2 is 1.75 bits per heavy atom. The first kappa shape index (κ1) is 17.4. The molecule has 0 spiro atoms. The lowest BCUT2D eigenvalue weighted by Crippen LogP contribution is -2.28. The number of non-ortho nitro benzene ring substituents is 1. The smallest absolute Gasteiger partial charge is 0.269 e. The van der Waals surface area contributed by atoms with Crippen LogP contribution in [0.5, 0.6) is 0 Å². The highest BCUT2D eigenvalue weighted by Gasteiger charge is 2.13. The molecule has 0 saturated heterocycles. The maximum absolute atomic E-state index is 12.1. The van der Waals surface area contributed by atoms with Crippen molar-refractivity contribution >= 4 is 17.3 Å². The number of benzene rings is 2. The Balaban J connectivity index is 1.94. The summed E-state index contributed by atoms with van der Waals surface area (Å²) in [5.74, 6) is -0.290. The summed E-state index contributed by atoms with van der Waals surface area (Å²) in [4.78, 5) is 24.1. The predicted molar refractivity (Wildman–Crippen MR) is 91.2 cm³/mol. The number of carbonyl (C=O) groups excluding carboxylic acids is 1. The third-order valence-electron chi connectivity index (χ3n) is 3.59. The molecule has 0 aliphatic heterocycles. The molecule has 24 heavy (non-hydrogen) atoms. The van der Waals surface area contributed by atoms with Crippen molar-refractivity contribution in [2.45, 2.75) is 6.10 Å². The first-order valence-corrected chi connectivity index (χ1v) is 7.36. The Kier molecular flexibility index (Phi) is 5.49. The average Bonchev–Trinajstić information content (AvgIpc) is 2.59. The molecule has 0 fully saturated rings. The van der Waals surface area contributed by atoms with Crippen LogP contribution in [0.3, 0.4) is 0 Å². The molecule has 2 aromatic carbocycles. The van der Waals surface area contributed by atoms with Gasteiger partial charge in [0.05, 0.1) is 11.0 Å². The van der Waals surface area contributed by atoms with E-state index in [4.69, 9.17) is 0 Å². The second-order valence-electron chi connectivity index (χ2n) is 5.52. The molecule has 1 atom stereocenters. The molecule has 7 nitrogen and oxygen atoms in total. The zero-order valence-electron chi connectivity index (χ0n) is 13.5. The van der Waals surface area contributed by atoms with Crippen molar-refractivity contribution < 1.29 is 14.8 Å². The highest BCUT2D eigenvalue weighted by Crippen LogP contribution is 2.17. The van der Waals surface area contributed by atoms with E-state index in [0.717, 1.165) is 5.69 Å². The van der Waals surface area contributed by atoms with Gasteiger partial charge in [-0.3, -0.25) is 14.9 Å². The normalized spacial score (nSPS) is 11.6. The van der Waals surface area contributed by atoms with E-state index < -0.39 is 11.0 Å². The van der Waals surface area contributed by atoms with Crippen LogP contribution in [0.15, 0.2) is 48.5 Å². The number of anilines is 1. The van der Waals surface area contributed by atoms with Gasteiger partial charge in [-0.1, -0.05) is 0 Å². The third kappa shape index (κ3) is 4.30. The third-order valence-corrected chi connectivity index (χ3v) is 3.59. The number of hydrogen-bond donors (Lipinski definition) is 2. The van der Waals surface area contributed by atoms with Crippen molar-refractivity contribution in [3.8, 4) is 0 Å². The molecule has 0 aliphatic carbocycles. The minimum absolute atomic E-state index is 0.0199. The summed E-state index contributed by atoms with van der Waals surface area (Å²) < 4.78 is 0. The van der Waals surface area contributed by atoms with E-state index in [1.54, 1.807) is 12.1 Å². The monoisotopic (exact) mass is 329 g/mol. The van der Waals surface area contributed by atoms with Crippen molar-refractivity contribution in [2.75, 3.05) is 25.5 Å². The Bertz CT molecular complexity index is 712. The fraction of sp³-hybridized carbons (Fsp3) is 0.235. The first-order chi connectivity index (χ1) is 11.4. The average molecular weight is 329 g/mol. The zero-order valence-corrected chi connectivity index (χ0v) is 13.5. The van der Waals surface area contributed by atoms with E-state index in [1.807, 2.05) is 31.1 Å². The molecule has 126 valence electrons. The summed E-state index contributed by atoms with van der Waals surface area (Å²) in [5, 5.41) is 23.3. The number of nitrogens with zero attached hydrogens (tertiary/aromatic N) is 2. The minimum atomic E-state index is -0.934. The lowest BCUT2D eigenvalue weighted by Gasteiger charge is -2.14. The molecule has 2 rings (SSSR count). The fourth-order valence-electron chi connectivity index (χ4n) is 2.14. The Hall–Kier alpha value is -2.93. The van der Waals surface area contributed by atoms with E-state index in [1.165, 1.54) is 24.3 Å². The lowest BCUT2D eigenvalue weighted by molar-refractivity contribution is -0.384. The Morgan fingerprint density at radius 3 is 2.25 bits per heavy atom. The summed E-state index contributed by atoms with van der Waals surface area (Å²) in [6.45, 7) is 0.0199. The number of carbonyl (C=O) groups is 1. The molecule has 0 saturated carbocycles. The van der Waals surface area contributed by atoms with Crippen LogP contribution in [0.2, 0.25) is 0 Å². The van der Waals surface area contributed by atoms with E-state index in [-0.39, 0.29) is 18.1 Å². The van der Waals surface area contributed by atoms with Crippen LogP contribution >= 0.6 is 0 Å². The largest absolute Gasteiger partial charge is 0.387 e. The summed E-state index contributed by atoms with van der Waals surface area (Å²) >= 11 is 0.